The van der Waals surface area contributed by atoms with E-state index in [4.69, 9.17) is 10.8 Å². The lowest BCUT2D eigenvalue weighted by Gasteiger charge is -2.10. The minimum Gasteiger partial charge on any atom is -0.481 e. The van der Waals surface area contributed by atoms with Crippen molar-refractivity contribution < 1.29 is 9.90 Å². The first-order valence-corrected chi connectivity index (χ1v) is 5.62. The summed E-state index contributed by atoms with van der Waals surface area (Å²) in [6.45, 7) is 4.24. The van der Waals surface area contributed by atoms with Crippen LogP contribution < -0.4 is 5.73 Å². The van der Waals surface area contributed by atoms with Crippen LogP contribution in [0.2, 0.25) is 0 Å². The molecule has 1 aliphatic rings. The average Bonchev–Trinajstić information content (AvgIpc) is 2.56. The molecule has 16 heavy (non-hydrogen) atoms. The van der Waals surface area contributed by atoms with Gasteiger partial charge in [0.15, 0.2) is 0 Å². The largest absolute Gasteiger partial charge is 0.481 e. The van der Waals surface area contributed by atoms with Gasteiger partial charge in [-0.15, -0.1) is 0 Å². The lowest BCUT2D eigenvalue weighted by molar-refractivity contribution is -0.138. The molecule has 0 amide bonds. The van der Waals surface area contributed by atoms with Crippen molar-refractivity contribution in [1.29, 1.82) is 0 Å². The van der Waals surface area contributed by atoms with Crippen molar-refractivity contribution in [3.05, 3.63) is 34.9 Å². The van der Waals surface area contributed by atoms with Crippen molar-refractivity contribution in [2.45, 2.75) is 38.1 Å². The lowest BCUT2D eigenvalue weighted by atomic mass is 9.95. The summed E-state index contributed by atoms with van der Waals surface area (Å²) in [5.41, 5.74) is 9.11. The molecule has 3 nitrogen and oxygen atoms in total. The normalized spacial score (nSPS) is 23.5. The topological polar surface area (TPSA) is 63.3 Å². The Bertz CT molecular complexity index is 426. The van der Waals surface area contributed by atoms with Crippen LogP contribution in [0.3, 0.4) is 0 Å². The predicted octanol–water partition coefficient (Wildman–Crippen LogP) is 2.38. The number of hydrogen-bond donors (Lipinski definition) is 2. The molecule has 0 aliphatic heterocycles. The van der Waals surface area contributed by atoms with Gasteiger partial charge < -0.3 is 10.8 Å². The molecule has 0 bridgehead atoms. The number of carbonyl (C=O) groups is 1. The Morgan fingerprint density at radius 3 is 2.69 bits per heavy atom. The summed E-state index contributed by atoms with van der Waals surface area (Å²) in [7, 11) is 0. The van der Waals surface area contributed by atoms with Gasteiger partial charge in [0, 0.05) is 6.04 Å². The summed E-state index contributed by atoms with van der Waals surface area (Å²) in [5.74, 6) is -0.751. The van der Waals surface area contributed by atoms with E-state index < -0.39 is 11.9 Å². The Balaban J connectivity index is 2.45. The quantitative estimate of drug-likeness (QED) is 0.802. The highest BCUT2D eigenvalue weighted by atomic mass is 16.4. The summed E-state index contributed by atoms with van der Waals surface area (Å²) in [6.07, 6.45) is 0.520. The zero-order valence-corrected chi connectivity index (χ0v) is 9.60. The molecule has 0 fully saturated rings. The molecule has 3 N–H and O–H groups in total. The molecular formula is C13H17NO2. The number of fused-ring (bicyclic) bond motifs is 1. The van der Waals surface area contributed by atoms with Crippen LogP contribution in [0.4, 0.5) is 0 Å². The van der Waals surface area contributed by atoms with Crippen molar-refractivity contribution in [2.75, 3.05) is 0 Å². The van der Waals surface area contributed by atoms with Gasteiger partial charge in [-0.25, -0.2) is 0 Å². The van der Waals surface area contributed by atoms with Crippen molar-refractivity contribution in [1.82, 2.24) is 0 Å². The summed E-state index contributed by atoms with van der Waals surface area (Å²) in [5, 5.41) is 9.10. The summed E-state index contributed by atoms with van der Waals surface area (Å²) >= 11 is 0. The fourth-order valence-electron chi connectivity index (χ4n) is 2.33. The second-order valence-electron chi connectivity index (χ2n) is 4.78. The maximum Gasteiger partial charge on any atom is 0.311 e. The Kier molecular flexibility index (Phi) is 2.72. The molecular weight excluding hydrogens is 202 g/mol. The number of carboxylic acid groups (broad SMARTS) is 1. The molecule has 86 valence electrons. The van der Waals surface area contributed by atoms with Crippen molar-refractivity contribution in [3.63, 3.8) is 0 Å². The van der Waals surface area contributed by atoms with Crippen LogP contribution in [0.1, 0.15) is 54.8 Å². The van der Waals surface area contributed by atoms with Crippen LogP contribution in [0.5, 0.6) is 0 Å². The second-order valence-corrected chi connectivity index (χ2v) is 4.78. The van der Waals surface area contributed by atoms with Crippen LogP contribution in [-0.2, 0) is 4.79 Å². The Labute approximate surface area is 95.3 Å². The molecule has 0 spiro atoms. The molecule has 0 radical (unpaired) electrons. The van der Waals surface area contributed by atoms with Crippen LogP contribution >= 0.6 is 0 Å². The molecule has 1 aromatic carbocycles. The first kappa shape index (κ1) is 11.1. The molecule has 2 unspecified atom stereocenters. The highest BCUT2D eigenvalue weighted by Crippen LogP contribution is 2.40. The van der Waals surface area contributed by atoms with Crippen LogP contribution in [-0.4, -0.2) is 11.1 Å². The van der Waals surface area contributed by atoms with E-state index in [-0.39, 0.29) is 6.04 Å². The van der Waals surface area contributed by atoms with Gasteiger partial charge in [0.2, 0.25) is 0 Å². The summed E-state index contributed by atoms with van der Waals surface area (Å²) < 4.78 is 0. The molecule has 3 heteroatoms. The van der Waals surface area contributed by atoms with Crippen molar-refractivity contribution >= 4 is 5.97 Å². The first-order valence-electron chi connectivity index (χ1n) is 5.62. The average molecular weight is 219 g/mol. The smallest absolute Gasteiger partial charge is 0.311 e. The van der Waals surface area contributed by atoms with E-state index in [1.54, 1.807) is 0 Å². The second kappa shape index (κ2) is 3.91. The monoisotopic (exact) mass is 219 g/mol. The van der Waals surface area contributed by atoms with Crippen LogP contribution in [0.25, 0.3) is 0 Å². The molecule has 0 saturated heterocycles. The molecule has 2 rings (SSSR count). The third-order valence-corrected chi connectivity index (χ3v) is 3.34. The number of carboxylic acids is 1. The number of nitrogens with two attached hydrogens (primary N) is 1. The molecule has 0 heterocycles. The fourth-order valence-corrected chi connectivity index (χ4v) is 2.33. The maximum atomic E-state index is 11.1. The number of benzene rings is 1. The SMILES string of the molecule is CC(C)c1ccc2c(c1)C(N)CC2C(=O)O. The van der Waals surface area contributed by atoms with Gasteiger partial charge in [0.1, 0.15) is 0 Å². The number of hydrogen-bond acceptors (Lipinski definition) is 2. The van der Waals surface area contributed by atoms with Gasteiger partial charge in [-0.05, 0) is 29.0 Å². The highest BCUT2D eigenvalue weighted by molar-refractivity contribution is 5.78. The van der Waals surface area contributed by atoms with E-state index >= 15 is 0 Å². The first-order chi connectivity index (χ1) is 7.50. The highest BCUT2D eigenvalue weighted by Gasteiger charge is 2.33. The standard InChI is InChI=1S/C13H17NO2/c1-7(2)8-3-4-9-10(5-8)12(14)6-11(9)13(15)16/h3-5,7,11-12H,6,14H2,1-2H3,(H,15,16). The zero-order valence-electron chi connectivity index (χ0n) is 9.60. The lowest BCUT2D eigenvalue weighted by Crippen LogP contribution is -2.10. The Morgan fingerprint density at radius 1 is 1.44 bits per heavy atom. The van der Waals surface area contributed by atoms with Gasteiger partial charge in [-0.2, -0.15) is 0 Å². The number of aliphatic carboxylic acids is 1. The third-order valence-electron chi connectivity index (χ3n) is 3.34. The summed E-state index contributed by atoms with van der Waals surface area (Å²) in [4.78, 5) is 11.1. The van der Waals surface area contributed by atoms with E-state index in [1.807, 2.05) is 12.1 Å². The van der Waals surface area contributed by atoms with E-state index in [0.717, 1.165) is 11.1 Å². The van der Waals surface area contributed by atoms with Gasteiger partial charge in [0.05, 0.1) is 5.92 Å². The predicted molar refractivity (Wildman–Crippen MR) is 62.5 cm³/mol. The molecule has 0 saturated carbocycles. The molecule has 2 atom stereocenters. The Hall–Kier alpha value is -1.35. The van der Waals surface area contributed by atoms with Crippen molar-refractivity contribution in [3.8, 4) is 0 Å². The van der Waals surface area contributed by atoms with E-state index in [9.17, 15) is 4.79 Å². The fraction of sp³-hybridized carbons (Fsp3) is 0.462. The minimum absolute atomic E-state index is 0.130. The van der Waals surface area contributed by atoms with Crippen molar-refractivity contribution in [2.24, 2.45) is 5.73 Å². The van der Waals surface area contributed by atoms with E-state index in [1.165, 1.54) is 5.56 Å². The summed E-state index contributed by atoms with van der Waals surface area (Å²) in [6, 6.07) is 5.87. The maximum absolute atomic E-state index is 11.1. The Morgan fingerprint density at radius 2 is 2.12 bits per heavy atom. The molecule has 0 aromatic heterocycles. The minimum atomic E-state index is -0.772. The molecule has 1 aliphatic carbocycles. The van der Waals surface area contributed by atoms with E-state index in [0.29, 0.717) is 12.3 Å². The zero-order chi connectivity index (χ0) is 11.9. The van der Waals surface area contributed by atoms with Gasteiger partial charge in [-0.1, -0.05) is 32.0 Å². The van der Waals surface area contributed by atoms with Crippen LogP contribution in [0.15, 0.2) is 18.2 Å². The number of rotatable bonds is 2. The van der Waals surface area contributed by atoms with Gasteiger partial charge >= 0.3 is 5.97 Å². The molecule has 1 aromatic rings. The van der Waals surface area contributed by atoms with Gasteiger partial charge in [0.25, 0.3) is 0 Å². The third kappa shape index (κ3) is 1.71. The van der Waals surface area contributed by atoms with Crippen LogP contribution in [0, 0.1) is 0 Å². The van der Waals surface area contributed by atoms with E-state index in [2.05, 4.69) is 19.9 Å². The van der Waals surface area contributed by atoms with Gasteiger partial charge in [-0.3, -0.25) is 4.79 Å².